The maximum absolute atomic E-state index is 12.5. The van der Waals surface area contributed by atoms with Gasteiger partial charge >= 0.3 is 0 Å². The standard InChI is InChI=1S/C15H9BrCl3N5O/c16-13-7-12(24(23-13)14-9(18)2-1-5-20-14)15(25)22-21-11-4-3-8(17)6-10(11)19/h1-7,21H,(H,22,25). The summed E-state index contributed by atoms with van der Waals surface area (Å²) in [5, 5.41) is 5.43. The maximum atomic E-state index is 12.5. The average molecular weight is 462 g/mol. The van der Waals surface area contributed by atoms with Gasteiger partial charge in [-0.25, -0.2) is 9.67 Å². The van der Waals surface area contributed by atoms with Crippen LogP contribution in [0.3, 0.4) is 0 Å². The number of hydrazine groups is 1. The Balaban J connectivity index is 1.85. The van der Waals surface area contributed by atoms with Crippen molar-refractivity contribution in [2.75, 3.05) is 5.43 Å². The van der Waals surface area contributed by atoms with Crippen molar-refractivity contribution in [3.8, 4) is 5.82 Å². The van der Waals surface area contributed by atoms with Crippen molar-refractivity contribution in [2.24, 2.45) is 0 Å². The molecule has 0 aliphatic rings. The number of halogens is 4. The molecule has 0 fully saturated rings. The summed E-state index contributed by atoms with van der Waals surface area (Å²) in [7, 11) is 0. The predicted molar refractivity (Wildman–Crippen MR) is 102 cm³/mol. The van der Waals surface area contributed by atoms with Gasteiger partial charge in [-0.15, -0.1) is 0 Å². The largest absolute Gasteiger partial charge is 0.297 e. The molecule has 3 aromatic rings. The van der Waals surface area contributed by atoms with Crippen LogP contribution in [0.25, 0.3) is 5.82 Å². The topological polar surface area (TPSA) is 71.8 Å². The molecule has 0 radical (unpaired) electrons. The molecule has 3 rings (SSSR count). The molecule has 1 amide bonds. The first kappa shape index (κ1) is 18.0. The quantitative estimate of drug-likeness (QED) is 0.550. The van der Waals surface area contributed by atoms with Crippen molar-refractivity contribution in [1.29, 1.82) is 0 Å². The minimum absolute atomic E-state index is 0.227. The van der Waals surface area contributed by atoms with E-state index in [1.807, 2.05) is 0 Å². The second kappa shape index (κ2) is 7.61. The molecular weight excluding hydrogens is 452 g/mol. The number of hydrogen-bond donors (Lipinski definition) is 2. The highest BCUT2D eigenvalue weighted by Gasteiger charge is 2.18. The molecule has 0 saturated heterocycles. The van der Waals surface area contributed by atoms with Gasteiger partial charge in [0.2, 0.25) is 0 Å². The molecule has 10 heteroatoms. The molecule has 0 aliphatic heterocycles. The lowest BCUT2D eigenvalue weighted by Crippen LogP contribution is -2.31. The van der Waals surface area contributed by atoms with Gasteiger partial charge in [0, 0.05) is 17.3 Å². The van der Waals surface area contributed by atoms with Crippen LogP contribution in [0, 0.1) is 0 Å². The molecule has 0 bridgehead atoms. The Morgan fingerprint density at radius 2 is 1.92 bits per heavy atom. The summed E-state index contributed by atoms with van der Waals surface area (Å²) in [6.45, 7) is 0. The first-order chi connectivity index (χ1) is 12.0. The highest BCUT2D eigenvalue weighted by Crippen LogP contribution is 2.25. The van der Waals surface area contributed by atoms with Crippen molar-refractivity contribution in [3.63, 3.8) is 0 Å². The van der Waals surface area contributed by atoms with Crippen LogP contribution in [0.4, 0.5) is 5.69 Å². The SMILES string of the molecule is O=C(NNc1ccc(Cl)cc1Cl)c1cc(Br)nn1-c1ncccc1Cl. The summed E-state index contributed by atoms with van der Waals surface area (Å²) in [5.74, 6) is -0.115. The summed E-state index contributed by atoms with van der Waals surface area (Å²) in [6, 6.07) is 9.75. The zero-order chi connectivity index (χ0) is 18.0. The number of carbonyl (C=O) groups excluding carboxylic acids is 1. The Morgan fingerprint density at radius 3 is 2.64 bits per heavy atom. The zero-order valence-electron chi connectivity index (χ0n) is 12.3. The van der Waals surface area contributed by atoms with E-state index in [1.54, 1.807) is 42.6 Å². The first-order valence-corrected chi connectivity index (χ1v) is 8.76. The van der Waals surface area contributed by atoms with E-state index in [1.165, 1.54) is 4.68 Å². The fourth-order valence-corrected chi connectivity index (χ4v) is 3.02. The third-order valence-corrected chi connectivity index (χ3v) is 4.32. The van der Waals surface area contributed by atoms with Gasteiger partial charge in [-0.3, -0.25) is 15.6 Å². The van der Waals surface area contributed by atoms with Crippen LogP contribution in [0.2, 0.25) is 15.1 Å². The van der Waals surface area contributed by atoms with Crippen molar-refractivity contribution >= 4 is 62.3 Å². The van der Waals surface area contributed by atoms with E-state index in [-0.39, 0.29) is 5.69 Å². The lowest BCUT2D eigenvalue weighted by molar-refractivity contribution is 0.0955. The van der Waals surface area contributed by atoms with Crippen LogP contribution >= 0.6 is 50.7 Å². The Hall–Kier alpha value is -1.80. The van der Waals surface area contributed by atoms with E-state index in [4.69, 9.17) is 34.8 Å². The number of rotatable bonds is 4. The molecule has 1 aromatic carbocycles. The number of amides is 1. The zero-order valence-corrected chi connectivity index (χ0v) is 16.2. The molecule has 0 aliphatic carbocycles. The minimum atomic E-state index is -0.453. The van der Waals surface area contributed by atoms with E-state index in [0.29, 0.717) is 31.2 Å². The Labute approximate surface area is 166 Å². The lowest BCUT2D eigenvalue weighted by atomic mass is 10.3. The highest BCUT2D eigenvalue weighted by atomic mass is 79.9. The van der Waals surface area contributed by atoms with Crippen molar-refractivity contribution in [2.45, 2.75) is 0 Å². The summed E-state index contributed by atoms with van der Waals surface area (Å²) < 4.78 is 1.80. The summed E-state index contributed by atoms with van der Waals surface area (Å²) >= 11 is 21.3. The minimum Gasteiger partial charge on any atom is -0.297 e. The van der Waals surface area contributed by atoms with Crippen molar-refractivity contribution < 1.29 is 4.79 Å². The number of nitrogens with zero attached hydrogens (tertiary/aromatic N) is 3. The second-order valence-corrected chi connectivity index (χ2v) is 6.84. The summed E-state index contributed by atoms with van der Waals surface area (Å²) in [5.41, 5.74) is 6.02. The number of benzene rings is 1. The molecular formula is C15H9BrCl3N5O. The number of carbonyl (C=O) groups is 1. The molecule has 25 heavy (non-hydrogen) atoms. The smallest absolute Gasteiger partial charge is 0.288 e. The molecule has 6 nitrogen and oxygen atoms in total. The third-order valence-electron chi connectivity index (χ3n) is 3.09. The fraction of sp³-hybridized carbons (Fsp3) is 0. The molecule has 0 spiro atoms. The van der Waals surface area contributed by atoms with E-state index < -0.39 is 5.91 Å². The van der Waals surface area contributed by atoms with Crippen LogP contribution in [-0.2, 0) is 0 Å². The van der Waals surface area contributed by atoms with Gasteiger partial charge in [0.25, 0.3) is 5.91 Å². The normalized spacial score (nSPS) is 10.6. The first-order valence-electron chi connectivity index (χ1n) is 6.83. The number of anilines is 1. The summed E-state index contributed by atoms with van der Waals surface area (Å²) in [6.07, 6.45) is 1.56. The van der Waals surface area contributed by atoms with E-state index in [0.717, 1.165) is 0 Å². The molecule has 2 aromatic heterocycles. The van der Waals surface area contributed by atoms with Crippen LogP contribution in [-0.4, -0.2) is 20.7 Å². The molecule has 0 unspecified atom stereocenters. The molecule has 0 atom stereocenters. The van der Waals surface area contributed by atoms with Gasteiger partial charge < -0.3 is 0 Å². The van der Waals surface area contributed by atoms with Gasteiger partial charge in [0.1, 0.15) is 10.3 Å². The third kappa shape index (κ3) is 4.07. The van der Waals surface area contributed by atoms with Gasteiger partial charge in [0.15, 0.2) is 5.82 Å². The second-order valence-electron chi connectivity index (χ2n) is 4.78. The number of nitrogens with one attached hydrogen (secondary N) is 2. The maximum Gasteiger partial charge on any atom is 0.288 e. The summed E-state index contributed by atoms with van der Waals surface area (Å²) in [4.78, 5) is 16.7. The van der Waals surface area contributed by atoms with Crippen LogP contribution in [0.1, 0.15) is 10.5 Å². The monoisotopic (exact) mass is 459 g/mol. The Morgan fingerprint density at radius 1 is 1.12 bits per heavy atom. The van der Waals surface area contributed by atoms with E-state index in [2.05, 4.69) is 36.9 Å². The van der Waals surface area contributed by atoms with Crippen molar-refractivity contribution in [1.82, 2.24) is 20.2 Å². The Bertz CT molecular complexity index is 947. The van der Waals surface area contributed by atoms with Gasteiger partial charge in [-0.1, -0.05) is 34.8 Å². The van der Waals surface area contributed by atoms with E-state index >= 15 is 0 Å². The van der Waals surface area contributed by atoms with Crippen LogP contribution < -0.4 is 10.9 Å². The van der Waals surface area contributed by atoms with Gasteiger partial charge in [-0.05, 0) is 46.3 Å². The van der Waals surface area contributed by atoms with Crippen molar-refractivity contribution in [3.05, 3.63) is 68.0 Å². The molecule has 2 N–H and O–H groups in total. The molecule has 0 saturated carbocycles. The van der Waals surface area contributed by atoms with Gasteiger partial charge in [-0.2, -0.15) is 5.10 Å². The van der Waals surface area contributed by atoms with Gasteiger partial charge in [0.05, 0.1) is 15.7 Å². The fourth-order valence-electron chi connectivity index (χ4n) is 1.99. The number of hydrogen-bond acceptors (Lipinski definition) is 4. The Kier molecular flexibility index (Phi) is 5.48. The molecule has 2 heterocycles. The van der Waals surface area contributed by atoms with Crippen LogP contribution in [0.5, 0.6) is 0 Å². The number of aromatic nitrogens is 3. The van der Waals surface area contributed by atoms with Crippen LogP contribution in [0.15, 0.2) is 47.2 Å². The number of pyridine rings is 1. The predicted octanol–water partition coefficient (Wildman–Crippen LogP) is 4.75. The average Bonchev–Trinajstić information content (AvgIpc) is 2.96. The van der Waals surface area contributed by atoms with E-state index in [9.17, 15) is 4.79 Å². The molecule has 128 valence electrons. The highest BCUT2D eigenvalue weighted by molar-refractivity contribution is 9.10. The lowest BCUT2D eigenvalue weighted by Gasteiger charge is -2.11.